The van der Waals surface area contributed by atoms with Gasteiger partial charge in [-0.05, 0) is 32.1 Å². The zero-order chi connectivity index (χ0) is 13.1. The molecule has 2 heteroatoms. The van der Waals surface area contributed by atoms with Crippen molar-refractivity contribution >= 4 is 5.78 Å². The molecule has 0 bridgehead atoms. The van der Waals surface area contributed by atoms with Crippen molar-refractivity contribution in [2.45, 2.75) is 65.7 Å². The van der Waals surface area contributed by atoms with Crippen LogP contribution in [0.2, 0.25) is 0 Å². The maximum Gasteiger partial charge on any atom is 0.138 e. The molecule has 0 heterocycles. The molecular weight excluding hydrogens is 212 g/mol. The summed E-state index contributed by atoms with van der Waals surface area (Å²) < 4.78 is 0. The predicted molar refractivity (Wildman–Crippen MR) is 73.0 cm³/mol. The summed E-state index contributed by atoms with van der Waals surface area (Å²) in [6, 6.07) is 0. The number of aliphatic hydroxyl groups excluding tert-OH is 1. The van der Waals surface area contributed by atoms with E-state index in [4.69, 9.17) is 5.11 Å². The summed E-state index contributed by atoms with van der Waals surface area (Å²) in [4.78, 5) is 11.6. The first kappa shape index (κ1) is 16.4. The number of unbranched alkanes of at least 4 members (excludes halogenated alkanes) is 4. The van der Waals surface area contributed by atoms with Gasteiger partial charge in [0, 0.05) is 18.4 Å². The Morgan fingerprint density at radius 2 is 1.59 bits per heavy atom. The Bertz CT molecular complexity index is 224. The summed E-state index contributed by atoms with van der Waals surface area (Å²) in [6.45, 7) is 6.24. The fraction of sp³-hybridized carbons (Fsp3) is 0.800. The number of ketones is 1. The second-order valence-electron chi connectivity index (χ2n) is 5.61. The molecule has 0 fully saturated rings. The van der Waals surface area contributed by atoms with Crippen LogP contribution in [-0.2, 0) is 4.79 Å². The van der Waals surface area contributed by atoms with Crippen molar-refractivity contribution in [3.63, 3.8) is 0 Å². The van der Waals surface area contributed by atoms with E-state index in [0.717, 1.165) is 38.5 Å². The molecule has 0 saturated heterocycles. The molecule has 0 aromatic rings. The smallest absolute Gasteiger partial charge is 0.138 e. The number of allylic oxidation sites excluding steroid dienone is 2. The number of carbonyl (C=O) groups is 1. The molecule has 0 aliphatic rings. The Morgan fingerprint density at radius 3 is 2.12 bits per heavy atom. The van der Waals surface area contributed by atoms with Gasteiger partial charge < -0.3 is 5.11 Å². The second kappa shape index (κ2) is 9.41. The van der Waals surface area contributed by atoms with Gasteiger partial charge in [0.25, 0.3) is 0 Å². The summed E-state index contributed by atoms with van der Waals surface area (Å²) in [7, 11) is 0. The second-order valence-corrected chi connectivity index (χ2v) is 5.61. The maximum atomic E-state index is 11.6. The summed E-state index contributed by atoms with van der Waals surface area (Å²) in [5.74, 6) is 0.355. The van der Waals surface area contributed by atoms with Crippen LogP contribution in [0.15, 0.2) is 12.2 Å². The number of rotatable bonds is 9. The molecule has 0 aromatic heterocycles. The van der Waals surface area contributed by atoms with E-state index in [1.54, 1.807) is 0 Å². The Balaban J connectivity index is 3.39. The van der Waals surface area contributed by atoms with Crippen LogP contribution >= 0.6 is 0 Å². The summed E-state index contributed by atoms with van der Waals surface area (Å²) in [5.41, 5.74) is -0.186. The van der Waals surface area contributed by atoms with E-state index in [1.165, 1.54) is 0 Å². The maximum absolute atomic E-state index is 11.6. The summed E-state index contributed by atoms with van der Waals surface area (Å²) in [5, 5.41) is 8.61. The van der Waals surface area contributed by atoms with Gasteiger partial charge >= 0.3 is 0 Å². The van der Waals surface area contributed by atoms with Crippen LogP contribution in [0, 0.1) is 5.41 Å². The van der Waals surface area contributed by atoms with Gasteiger partial charge in [-0.1, -0.05) is 39.3 Å². The molecular formula is C15H28O2. The fourth-order valence-electron chi connectivity index (χ4n) is 1.54. The molecule has 0 unspecified atom stereocenters. The fourth-order valence-corrected chi connectivity index (χ4v) is 1.54. The number of aliphatic hydroxyl groups is 1. The summed E-state index contributed by atoms with van der Waals surface area (Å²) in [6.07, 6.45) is 11.3. The molecule has 0 rings (SSSR count). The lowest BCUT2D eigenvalue weighted by Gasteiger charge is -2.15. The Morgan fingerprint density at radius 1 is 1.00 bits per heavy atom. The molecule has 0 spiro atoms. The van der Waals surface area contributed by atoms with Gasteiger partial charge in [0.15, 0.2) is 0 Å². The molecule has 0 saturated carbocycles. The van der Waals surface area contributed by atoms with Crippen LogP contribution in [0.3, 0.4) is 0 Å². The number of carbonyl (C=O) groups excluding carboxylic acids is 1. The molecule has 100 valence electrons. The van der Waals surface area contributed by atoms with E-state index in [-0.39, 0.29) is 5.41 Å². The summed E-state index contributed by atoms with van der Waals surface area (Å²) >= 11 is 0. The average molecular weight is 240 g/mol. The van der Waals surface area contributed by atoms with Crippen LogP contribution in [-0.4, -0.2) is 17.5 Å². The highest BCUT2D eigenvalue weighted by atomic mass is 16.2. The van der Waals surface area contributed by atoms with Gasteiger partial charge in [0.05, 0.1) is 0 Å². The third-order valence-corrected chi connectivity index (χ3v) is 2.81. The third-order valence-electron chi connectivity index (χ3n) is 2.81. The highest BCUT2D eigenvalue weighted by molar-refractivity contribution is 5.83. The van der Waals surface area contributed by atoms with Gasteiger partial charge in [0.1, 0.15) is 5.78 Å². The van der Waals surface area contributed by atoms with Gasteiger partial charge in [-0.2, -0.15) is 0 Å². The quantitative estimate of drug-likeness (QED) is 0.490. The van der Waals surface area contributed by atoms with E-state index < -0.39 is 0 Å². The van der Waals surface area contributed by atoms with E-state index in [2.05, 4.69) is 12.2 Å². The average Bonchev–Trinajstić information content (AvgIpc) is 2.25. The topological polar surface area (TPSA) is 37.3 Å². The van der Waals surface area contributed by atoms with Crippen molar-refractivity contribution in [3.05, 3.63) is 12.2 Å². The number of hydrogen-bond acceptors (Lipinski definition) is 2. The molecule has 0 atom stereocenters. The van der Waals surface area contributed by atoms with Crippen molar-refractivity contribution in [2.75, 3.05) is 6.61 Å². The zero-order valence-corrected chi connectivity index (χ0v) is 11.7. The van der Waals surface area contributed by atoms with Crippen LogP contribution < -0.4 is 0 Å². The first-order chi connectivity index (χ1) is 7.98. The van der Waals surface area contributed by atoms with Gasteiger partial charge in [-0.25, -0.2) is 0 Å². The minimum Gasteiger partial charge on any atom is -0.396 e. The van der Waals surface area contributed by atoms with E-state index >= 15 is 0 Å². The SMILES string of the molecule is CC(C)(C)C(=O)CCC/C=C\CCCCCO. The molecule has 2 nitrogen and oxygen atoms in total. The lowest BCUT2D eigenvalue weighted by atomic mass is 9.88. The highest BCUT2D eigenvalue weighted by Gasteiger charge is 2.19. The van der Waals surface area contributed by atoms with E-state index in [1.807, 2.05) is 20.8 Å². The van der Waals surface area contributed by atoms with Crippen LogP contribution in [0.4, 0.5) is 0 Å². The van der Waals surface area contributed by atoms with Crippen molar-refractivity contribution < 1.29 is 9.90 Å². The van der Waals surface area contributed by atoms with Gasteiger partial charge in [-0.3, -0.25) is 4.79 Å². The minimum absolute atomic E-state index is 0.186. The zero-order valence-electron chi connectivity index (χ0n) is 11.7. The van der Waals surface area contributed by atoms with E-state index in [9.17, 15) is 4.79 Å². The molecule has 0 aliphatic heterocycles. The standard InChI is InChI=1S/C15H28O2/c1-15(2,3)14(17)12-10-8-6-4-5-7-9-11-13-16/h4,6,16H,5,7-13H2,1-3H3/b6-4-. The minimum atomic E-state index is -0.186. The van der Waals surface area contributed by atoms with Crippen molar-refractivity contribution in [1.82, 2.24) is 0 Å². The van der Waals surface area contributed by atoms with E-state index in [0.29, 0.717) is 18.8 Å². The van der Waals surface area contributed by atoms with Gasteiger partial charge in [-0.15, -0.1) is 0 Å². The lowest BCUT2D eigenvalue weighted by molar-refractivity contribution is -0.126. The molecule has 0 aromatic carbocycles. The molecule has 0 radical (unpaired) electrons. The normalized spacial score (nSPS) is 12.2. The van der Waals surface area contributed by atoms with Crippen LogP contribution in [0.1, 0.15) is 65.7 Å². The van der Waals surface area contributed by atoms with Crippen LogP contribution in [0.5, 0.6) is 0 Å². The predicted octanol–water partition coefficient (Wildman–Crippen LogP) is 3.88. The first-order valence-corrected chi connectivity index (χ1v) is 6.77. The highest BCUT2D eigenvalue weighted by Crippen LogP contribution is 2.18. The first-order valence-electron chi connectivity index (χ1n) is 6.77. The van der Waals surface area contributed by atoms with Crippen LogP contribution in [0.25, 0.3) is 0 Å². The lowest BCUT2D eigenvalue weighted by Crippen LogP contribution is -2.19. The monoisotopic (exact) mass is 240 g/mol. The number of Topliss-reactive ketones (excluding diaryl/α,β-unsaturated/α-hetero) is 1. The van der Waals surface area contributed by atoms with Crippen molar-refractivity contribution in [2.24, 2.45) is 5.41 Å². The largest absolute Gasteiger partial charge is 0.396 e. The molecule has 0 amide bonds. The Hall–Kier alpha value is -0.630. The molecule has 1 N–H and O–H groups in total. The Labute approximate surface area is 106 Å². The van der Waals surface area contributed by atoms with Crippen molar-refractivity contribution in [1.29, 1.82) is 0 Å². The molecule has 17 heavy (non-hydrogen) atoms. The Kier molecular flexibility index (Phi) is 9.06. The number of hydrogen-bond donors (Lipinski definition) is 1. The van der Waals surface area contributed by atoms with Crippen molar-refractivity contribution in [3.8, 4) is 0 Å². The third kappa shape index (κ3) is 10.3. The van der Waals surface area contributed by atoms with Gasteiger partial charge in [0.2, 0.25) is 0 Å². The molecule has 0 aliphatic carbocycles.